The van der Waals surface area contributed by atoms with Gasteiger partial charge in [0.1, 0.15) is 6.54 Å². The highest BCUT2D eigenvalue weighted by Crippen LogP contribution is 2.33. The lowest BCUT2D eigenvalue weighted by atomic mass is 9.99. The Labute approximate surface area is 183 Å². The number of carbonyl (C=O) groups excluding carboxylic acids is 1. The molecule has 0 saturated heterocycles. The van der Waals surface area contributed by atoms with Crippen molar-refractivity contribution in [2.45, 2.75) is 26.3 Å². The quantitative estimate of drug-likeness (QED) is 0.593. The van der Waals surface area contributed by atoms with Crippen molar-refractivity contribution in [1.82, 2.24) is 10.2 Å². The van der Waals surface area contributed by atoms with Crippen LogP contribution in [-0.4, -0.2) is 57.2 Å². The van der Waals surface area contributed by atoms with Crippen molar-refractivity contribution in [2.24, 2.45) is 4.99 Å². The fraction of sp³-hybridized carbons (Fsp3) is 0.417. The van der Waals surface area contributed by atoms with Crippen LogP contribution >= 0.6 is 0 Å². The molecule has 164 valence electrons. The molecule has 2 aromatic rings. The summed E-state index contributed by atoms with van der Waals surface area (Å²) in [6.07, 6.45) is 1.79. The molecule has 0 aromatic heterocycles. The minimum atomic E-state index is 0.0316. The van der Waals surface area contributed by atoms with Gasteiger partial charge in [0.15, 0.2) is 17.5 Å². The highest BCUT2D eigenvalue weighted by Gasteiger charge is 2.25. The molecule has 1 amide bonds. The predicted octanol–water partition coefficient (Wildman–Crippen LogP) is 2.62. The monoisotopic (exact) mass is 422 g/mol. The van der Waals surface area contributed by atoms with E-state index in [-0.39, 0.29) is 12.5 Å². The molecule has 0 aliphatic carbocycles. The van der Waals surface area contributed by atoms with Crippen LogP contribution in [0.25, 0.3) is 0 Å². The number of methoxy groups -OCH3 is 2. The van der Waals surface area contributed by atoms with E-state index in [2.05, 4.69) is 27.3 Å². The Balaban J connectivity index is 1.49. The van der Waals surface area contributed by atoms with Crippen LogP contribution in [0.1, 0.15) is 23.6 Å². The number of nitrogens with zero attached hydrogens (tertiary/aromatic N) is 3. The van der Waals surface area contributed by atoms with Gasteiger partial charge in [-0.15, -0.1) is 0 Å². The SMILES string of the molecule is CCNC(=NCC(=O)N1CCc2ccccc21)N1CCc2cc(OC)c(OC)cc2C1. The van der Waals surface area contributed by atoms with Gasteiger partial charge in [0.05, 0.1) is 14.2 Å². The number of hydrogen-bond donors (Lipinski definition) is 1. The Bertz CT molecular complexity index is 989. The number of rotatable bonds is 5. The lowest BCUT2D eigenvalue weighted by molar-refractivity contribution is -0.117. The summed E-state index contributed by atoms with van der Waals surface area (Å²) in [6, 6.07) is 12.2. The molecule has 0 radical (unpaired) electrons. The molecule has 0 unspecified atom stereocenters. The molecule has 1 N–H and O–H groups in total. The van der Waals surface area contributed by atoms with Crippen LogP contribution < -0.4 is 19.7 Å². The molecule has 0 spiro atoms. The zero-order valence-corrected chi connectivity index (χ0v) is 18.5. The maximum absolute atomic E-state index is 12.9. The summed E-state index contributed by atoms with van der Waals surface area (Å²) in [5, 5.41) is 3.35. The summed E-state index contributed by atoms with van der Waals surface area (Å²) in [5.41, 5.74) is 4.69. The zero-order valence-electron chi connectivity index (χ0n) is 18.5. The van der Waals surface area contributed by atoms with Gasteiger partial charge >= 0.3 is 0 Å². The molecule has 2 aliphatic rings. The smallest absolute Gasteiger partial charge is 0.248 e. The number of guanidine groups is 1. The Hall–Kier alpha value is -3.22. The first-order valence-electron chi connectivity index (χ1n) is 10.8. The summed E-state index contributed by atoms with van der Waals surface area (Å²) in [4.78, 5) is 21.6. The molecule has 2 aliphatic heterocycles. The van der Waals surface area contributed by atoms with Gasteiger partial charge in [0.2, 0.25) is 5.91 Å². The highest BCUT2D eigenvalue weighted by atomic mass is 16.5. The summed E-state index contributed by atoms with van der Waals surface area (Å²) >= 11 is 0. The minimum Gasteiger partial charge on any atom is -0.493 e. The number of hydrogen-bond acceptors (Lipinski definition) is 4. The van der Waals surface area contributed by atoms with Gasteiger partial charge in [-0.3, -0.25) is 4.79 Å². The van der Waals surface area contributed by atoms with E-state index in [1.54, 1.807) is 14.2 Å². The van der Waals surface area contributed by atoms with Crippen molar-refractivity contribution in [1.29, 1.82) is 0 Å². The van der Waals surface area contributed by atoms with Gasteiger partial charge in [-0.25, -0.2) is 4.99 Å². The van der Waals surface area contributed by atoms with E-state index in [0.29, 0.717) is 6.54 Å². The first-order valence-corrected chi connectivity index (χ1v) is 10.8. The fourth-order valence-corrected chi connectivity index (χ4v) is 4.31. The molecule has 31 heavy (non-hydrogen) atoms. The van der Waals surface area contributed by atoms with Crippen LogP contribution in [0, 0.1) is 0 Å². The largest absolute Gasteiger partial charge is 0.493 e. The predicted molar refractivity (Wildman–Crippen MR) is 122 cm³/mol. The average molecular weight is 423 g/mol. The van der Waals surface area contributed by atoms with Crippen LogP contribution in [0.15, 0.2) is 41.4 Å². The number of anilines is 1. The number of aliphatic imine (C=N–C) groups is 1. The third-order valence-corrected chi connectivity index (χ3v) is 5.90. The molecule has 0 saturated carbocycles. The van der Waals surface area contributed by atoms with Crippen molar-refractivity contribution >= 4 is 17.6 Å². The van der Waals surface area contributed by atoms with E-state index in [1.165, 1.54) is 16.7 Å². The van der Waals surface area contributed by atoms with Crippen LogP contribution in [0.2, 0.25) is 0 Å². The van der Waals surface area contributed by atoms with E-state index in [0.717, 1.165) is 55.6 Å². The molecule has 2 aromatic carbocycles. The van der Waals surface area contributed by atoms with Crippen LogP contribution in [-0.2, 0) is 24.2 Å². The second kappa shape index (κ2) is 9.29. The number of para-hydroxylation sites is 1. The second-order valence-electron chi connectivity index (χ2n) is 7.74. The van der Waals surface area contributed by atoms with Crippen molar-refractivity contribution in [3.8, 4) is 11.5 Å². The lowest BCUT2D eigenvalue weighted by Gasteiger charge is -2.32. The maximum atomic E-state index is 12.9. The lowest BCUT2D eigenvalue weighted by Crippen LogP contribution is -2.44. The molecule has 0 atom stereocenters. The minimum absolute atomic E-state index is 0.0316. The van der Waals surface area contributed by atoms with E-state index in [1.807, 2.05) is 36.1 Å². The van der Waals surface area contributed by atoms with Crippen molar-refractivity contribution in [3.63, 3.8) is 0 Å². The molecule has 7 heteroatoms. The molecule has 7 nitrogen and oxygen atoms in total. The van der Waals surface area contributed by atoms with Gasteiger partial charge in [-0.05, 0) is 54.7 Å². The standard InChI is InChI=1S/C24H30N4O3/c1-4-25-24(26-15-23(29)28-12-10-17-7-5-6-8-20(17)28)27-11-9-18-13-21(30-2)22(31-3)14-19(18)16-27/h5-8,13-14H,4,9-12,15-16H2,1-3H3,(H,25,26). The van der Waals surface area contributed by atoms with E-state index < -0.39 is 0 Å². The van der Waals surface area contributed by atoms with Crippen LogP contribution in [0.5, 0.6) is 11.5 Å². The number of nitrogens with one attached hydrogen (secondary N) is 1. The summed E-state index contributed by atoms with van der Waals surface area (Å²) in [6.45, 7) is 5.18. The van der Waals surface area contributed by atoms with Gasteiger partial charge in [-0.2, -0.15) is 0 Å². The van der Waals surface area contributed by atoms with Crippen LogP contribution in [0.3, 0.4) is 0 Å². The molecule has 2 heterocycles. The number of fused-ring (bicyclic) bond motifs is 2. The molecule has 0 fully saturated rings. The average Bonchev–Trinajstić information content (AvgIpc) is 3.24. The summed E-state index contributed by atoms with van der Waals surface area (Å²) in [5.74, 6) is 2.28. The molecule has 0 bridgehead atoms. The number of benzene rings is 2. The number of ether oxygens (including phenoxy) is 2. The maximum Gasteiger partial charge on any atom is 0.248 e. The Kier molecular flexibility index (Phi) is 6.30. The summed E-state index contributed by atoms with van der Waals surface area (Å²) < 4.78 is 10.9. The number of amides is 1. The first kappa shape index (κ1) is 21.0. The van der Waals surface area contributed by atoms with Gasteiger partial charge < -0.3 is 24.6 Å². The fourth-order valence-electron chi connectivity index (χ4n) is 4.31. The normalized spacial score (nSPS) is 15.4. The third-order valence-electron chi connectivity index (χ3n) is 5.90. The molecular formula is C24H30N4O3. The van der Waals surface area contributed by atoms with Crippen molar-refractivity contribution in [2.75, 3.05) is 45.3 Å². The summed E-state index contributed by atoms with van der Waals surface area (Å²) in [7, 11) is 3.31. The van der Waals surface area contributed by atoms with Crippen LogP contribution in [0.4, 0.5) is 5.69 Å². The van der Waals surface area contributed by atoms with Crippen molar-refractivity contribution < 1.29 is 14.3 Å². The van der Waals surface area contributed by atoms with Gasteiger partial charge in [0.25, 0.3) is 0 Å². The van der Waals surface area contributed by atoms with Gasteiger partial charge in [0, 0.05) is 31.9 Å². The van der Waals surface area contributed by atoms with Crippen molar-refractivity contribution in [3.05, 3.63) is 53.1 Å². The van der Waals surface area contributed by atoms with E-state index in [4.69, 9.17) is 9.47 Å². The molecular weight excluding hydrogens is 392 g/mol. The van der Waals surface area contributed by atoms with E-state index >= 15 is 0 Å². The Morgan fingerprint density at radius 3 is 2.48 bits per heavy atom. The third kappa shape index (κ3) is 4.31. The number of carbonyl (C=O) groups is 1. The van der Waals surface area contributed by atoms with Gasteiger partial charge in [-0.1, -0.05) is 18.2 Å². The topological polar surface area (TPSA) is 66.4 Å². The zero-order chi connectivity index (χ0) is 21.8. The van der Waals surface area contributed by atoms with E-state index in [9.17, 15) is 4.79 Å². The second-order valence-corrected chi connectivity index (χ2v) is 7.74. The Morgan fingerprint density at radius 2 is 1.74 bits per heavy atom. The highest BCUT2D eigenvalue weighted by molar-refractivity contribution is 5.98. The Morgan fingerprint density at radius 1 is 1.03 bits per heavy atom. The first-order chi connectivity index (χ1) is 15.1. The molecule has 4 rings (SSSR count).